The number of rotatable bonds is 3. The summed E-state index contributed by atoms with van der Waals surface area (Å²) in [6, 6.07) is 11.2. The van der Waals surface area contributed by atoms with Crippen molar-refractivity contribution in [3.8, 4) is 11.5 Å². The molecule has 0 amide bonds. The fraction of sp³-hybridized carbons (Fsp3) is 0.143. The summed E-state index contributed by atoms with van der Waals surface area (Å²) in [5.41, 5.74) is 1.76. The highest BCUT2D eigenvalue weighted by molar-refractivity contribution is 14.0. The van der Waals surface area contributed by atoms with Crippen molar-refractivity contribution in [2.45, 2.75) is 6.92 Å². The lowest BCUT2D eigenvalue weighted by Crippen LogP contribution is -1.93. The maximum Gasteiger partial charge on any atom is 0.148 e. The van der Waals surface area contributed by atoms with Gasteiger partial charge < -0.3 is 4.74 Å². The molecule has 0 radical (unpaired) electrons. The topological polar surface area (TPSA) is 46.0 Å². The number of halogens is 1. The number of benzene rings is 1. The molecule has 0 aliphatic heterocycles. The minimum absolute atomic E-state index is 0. The van der Waals surface area contributed by atoms with Crippen LogP contribution in [-0.2, 0) is 0 Å². The molecule has 0 bridgehead atoms. The van der Waals surface area contributed by atoms with E-state index in [9.17, 15) is 0 Å². The van der Waals surface area contributed by atoms with Gasteiger partial charge in [-0.3, -0.25) is 10.4 Å². The molecule has 2 aromatic rings. The first-order chi connectivity index (χ1) is 8.70. The van der Waals surface area contributed by atoms with Crippen LogP contribution in [0.2, 0.25) is 0 Å². The minimum Gasteiger partial charge on any atom is -0.455 e. The Kier molecular flexibility index (Phi) is 6.30. The highest BCUT2D eigenvalue weighted by Crippen LogP contribution is 2.24. The first kappa shape index (κ1) is 16.0. The van der Waals surface area contributed by atoms with Gasteiger partial charge in [-0.1, -0.05) is 0 Å². The monoisotopic (exact) mass is 386 g/mol. The summed E-state index contributed by atoms with van der Waals surface area (Å²) in [6.45, 7) is 1.91. The molecule has 3 nitrogen and oxygen atoms in total. The van der Waals surface area contributed by atoms with Gasteiger partial charge in [0.25, 0.3) is 0 Å². The van der Waals surface area contributed by atoms with E-state index in [1.165, 1.54) is 11.8 Å². The van der Waals surface area contributed by atoms with Crippen molar-refractivity contribution in [3.05, 3.63) is 53.9 Å². The predicted octanol–water partition coefficient (Wildman–Crippen LogP) is 4.49. The predicted molar refractivity (Wildman–Crippen MR) is 91.2 cm³/mol. The Balaban J connectivity index is 0.00000180. The number of thioether (sulfide) groups is 1. The highest BCUT2D eigenvalue weighted by Gasteiger charge is 2.03. The Labute approximate surface area is 134 Å². The molecular weight excluding hydrogens is 371 g/mol. The molecule has 0 aliphatic carbocycles. The average molecular weight is 386 g/mol. The highest BCUT2D eigenvalue weighted by atomic mass is 127. The molecule has 1 aromatic heterocycles. The maximum absolute atomic E-state index is 7.72. The molecule has 1 aromatic carbocycles. The fourth-order valence-corrected chi connectivity index (χ4v) is 1.87. The van der Waals surface area contributed by atoms with Gasteiger partial charge in [-0.25, -0.2) is 0 Å². The van der Waals surface area contributed by atoms with Crippen molar-refractivity contribution in [1.82, 2.24) is 4.98 Å². The zero-order valence-corrected chi connectivity index (χ0v) is 13.9. The smallest absolute Gasteiger partial charge is 0.148 e. The van der Waals surface area contributed by atoms with E-state index in [-0.39, 0.29) is 24.0 Å². The molecule has 1 heterocycles. The van der Waals surface area contributed by atoms with E-state index >= 15 is 0 Å². The second-order valence-corrected chi connectivity index (χ2v) is 4.56. The van der Waals surface area contributed by atoms with Crippen molar-refractivity contribution in [1.29, 1.82) is 5.41 Å². The van der Waals surface area contributed by atoms with Crippen molar-refractivity contribution < 1.29 is 4.74 Å². The summed E-state index contributed by atoms with van der Waals surface area (Å²) in [6.07, 6.45) is 3.64. The molecule has 19 heavy (non-hydrogen) atoms. The molecule has 0 spiro atoms. The number of pyridine rings is 1. The van der Waals surface area contributed by atoms with E-state index in [4.69, 9.17) is 10.1 Å². The lowest BCUT2D eigenvalue weighted by molar-refractivity contribution is 0.476. The first-order valence-corrected chi connectivity index (χ1v) is 6.75. The third-order valence-electron chi connectivity index (χ3n) is 2.51. The summed E-state index contributed by atoms with van der Waals surface area (Å²) >= 11 is 1.42. The molecule has 2 rings (SSSR count). The van der Waals surface area contributed by atoms with Gasteiger partial charge in [0.15, 0.2) is 0 Å². The molecule has 5 heteroatoms. The van der Waals surface area contributed by atoms with Crippen LogP contribution in [0, 0.1) is 12.3 Å². The Morgan fingerprint density at radius 2 is 1.89 bits per heavy atom. The standard InChI is InChI=1S/C14H14N2OS.HI/c1-10-13(4-3-9-16-10)17-12-7-5-11(6-8-12)14(15)18-2;/h3-9,15H,1-2H3;1H. The van der Waals surface area contributed by atoms with Crippen LogP contribution in [0.25, 0.3) is 0 Å². The van der Waals surface area contributed by atoms with E-state index in [1.807, 2.05) is 49.6 Å². The van der Waals surface area contributed by atoms with Crippen molar-refractivity contribution in [2.75, 3.05) is 6.26 Å². The SMILES string of the molecule is CSC(=N)c1ccc(Oc2cccnc2C)cc1.I. The van der Waals surface area contributed by atoms with Crippen molar-refractivity contribution >= 4 is 40.8 Å². The molecule has 0 aliphatic rings. The van der Waals surface area contributed by atoms with Crippen LogP contribution in [0.3, 0.4) is 0 Å². The number of hydrogen-bond donors (Lipinski definition) is 1. The molecule has 0 fully saturated rings. The van der Waals surface area contributed by atoms with Gasteiger partial charge in [0.2, 0.25) is 0 Å². The second-order valence-electron chi connectivity index (χ2n) is 3.75. The van der Waals surface area contributed by atoms with E-state index in [0.29, 0.717) is 5.04 Å². The largest absolute Gasteiger partial charge is 0.455 e. The van der Waals surface area contributed by atoms with Crippen LogP contribution in [0.1, 0.15) is 11.3 Å². The van der Waals surface area contributed by atoms with E-state index in [1.54, 1.807) is 6.20 Å². The van der Waals surface area contributed by atoms with Crippen LogP contribution in [0.4, 0.5) is 0 Å². The van der Waals surface area contributed by atoms with Crippen LogP contribution in [-0.4, -0.2) is 16.3 Å². The number of aromatic nitrogens is 1. The number of nitrogens with zero attached hydrogens (tertiary/aromatic N) is 1. The van der Waals surface area contributed by atoms with Crippen LogP contribution in [0.5, 0.6) is 11.5 Å². The Morgan fingerprint density at radius 3 is 2.47 bits per heavy atom. The molecule has 0 saturated carbocycles. The quantitative estimate of drug-likeness (QED) is 0.480. The number of nitrogens with one attached hydrogen (secondary N) is 1. The average Bonchev–Trinajstić information content (AvgIpc) is 2.41. The Hall–Kier alpha value is -1.08. The van der Waals surface area contributed by atoms with Crippen molar-refractivity contribution in [2.24, 2.45) is 0 Å². The van der Waals surface area contributed by atoms with Gasteiger partial charge in [-0.05, 0) is 49.6 Å². The van der Waals surface area contributed by atoms with Crippen LogP contribution < -0.4 is 4.74 Å². The third kappa shape index (κ3) is 4.21. The van der Waals surface area contributed by atoms with E-state index < -0.39 is 0 Å². The Morgan fingerprint density at radius 1 is 1.21 bits per heavy atom. The molecule has 0 atom stereocenters. The summed E-state index contributed by atoms with van der Waals surface area (Å²) in [5, 5.41) is 8.27. The zero-order chi connectivity index (χ0) is 13.0. The lowest BCUT2D eigenvalue weighted by atomic mass is 10.2. The number of hydrogen-bond acceptors (Lipinski definition) is 4. The molecule has 1 N–H and O–H groups in total. The van der Waals surface area contributed by atoms with Gasteiger partial charge in [-0.2, -0.15) is 0 Å². The maximum atomic E-state index is 7.72. The van der Waals surface area contributed by atoms with Gasteiger partial charge in [0, 0.05) is 11.8 Å². The van der Waals surface area contributed by atoms with E-state index in [2.05, 4.69) is 4.98 Å². The summed E-state index contributed by atoms with van der Waals surface area (Å²) in [5.74, 6) is 1.51. The number of aryl methyl sites for hydroxylation is 1. The first-order valence-electron chi connectivity index (χ1n) is 5.53. The fourth-order valence-electron chi connectivity index (χ4n) is 1.50. The molecule has 100 valence electrons. The molecule has 0 saturated heterocycles. The summed E-state index contributed by atoms with van der Waals surface area (Å²) < 4.78 is 5.74. The van der Waals surface area contributed by atoms with E-state index in [0.717, 1.165) is 22.8 Å². The second kappa shape index (κ2) is 7.49. The summed E-state index contributed by atoms with van der Waals surface area (Å²) in [4.78, 5) is 4.17. The normalized spacial score (nSPS) is 9.58. The third-order valence-corrected chi connectivity index (χ3v) is 3.15. The van der Waals surface area contributed by atoms with Crippen molar-refractivity contribution in [3.63, 3.8) is 0 Å². The van der Waals surface area contributed by atoms with Gasteiger partial charge in [0.1, 0.15) is 11.5 Å². The van der Waals surface area contributed by atoms with Gasteiger partial charge >= 0.3 is 0 Å². The van der Waals surface area contributed by atoms with Gasteiger partial charge in [-0.15, -0.1) is 35.7 Å². The molecule has 0 unspecified atom stereocenters. The number of ether oxygens (including phenoxy) is 1. The molecular formula is C14H15IN2OS. The minimum atomic E-state index is 0. The lowest BCUT2D eigenvalue weighted by Gasteiger charge is -2.08. The van der Waals surface area contributed by atoms with Crippen LogP contribution in [0.15, 0.2) is 42.6 Å². The van der Waals surface area contributed by atoms with Crippen LogP contribution >= 0.6 is 35.7 Å². The Bertz CT molecular complexity index is 558. The van der Waals surface area contributed by atoms with Gasteiger partial charge in [0.05, 0.1) is 10.7 Å². The zero-order valence-electron chi connectivity index (χ0n) is 10.7. The summed E-state index contributed by atoms with van der Waals surface area (Å²) in [7, 11) is 0.